The van der Waals surface area contributed by atoms with Crippen LogP contribution in [0.1, 0.15) is 18.9 Å². The van der Waals surface area contributed by atoms with Crippen molar-refractivity contribution in [3.8, 4) is 0 Å². The van der Waals surface area contributed by atoms with E-state index >= 15 is 0 Å². The lowest BCUT2D eigenvalue weighted by Crippen LogP contribution is -2.38. The Bertz CT molecular complexity index is 488. The van der Waals surface area contributed by atoms with Crippen molar-refractivity contribution in [3.05, 3.63) is 39.9 Å². The average Bonchev–Trinajstić information content (AvgIpc) is 2.52. The van der Waals surface area contributed by atoms with Gasteiger partial charge in [0, 0.05) is 23.1 Å². The lowest BCUT2D eigenvalue weighted by Gasteiger charge is -2.20. The van der Waals surface area contributed by atoms with Crippen molar-refractivity contribution in [2.24, 2.45) is 0 Å². The molecule has 2 rings (SSSR count). The van der Waals surface area contributed by atoms with E-state index in [4.69, 9.17) is 0 Å². The summed E-state index contributed by atoms with van der Waals surface area (Å²) >= 11 is 0. The van der Waals surface area contributed by atoms with E-state index in [0.29, 0.717) is 11.3 Å². The van der Waals surface area contributed by atoms with Crippen LogP contribution in [0.5, 0.6) is 0 Å². The summed E-state index contributed by atoms with van der Waals surface area (Å²) < 4.78 is 0. The van der Waals surface area contributed by atoms with Gasteiger partial charge in [0.15, 0.2) is 5.60 Å². The van der Waals surface area contributed by atoms with Gasteiger partial charge < -0.3 is 10.4 Å². The number of nitrogens with one attached hydrogen (secondary N) is 1. The van der Waals surface area contributed by atoms with Gasteiger partial charge in [-0.05, 0) is 6.07 Å². The summed E-state index contributed by atoms with van der Waals surface area (Å²) in [4.78, 5) is 21.8. The van der Waals surface area contributed by atoms with Crippen molar-refractivity contribution in [1.82, 2.24) is 0 Å². The lowest BCUT2D eigenvalue weighted by atomic mass is 9.89. The summed E-state index contributed by atoms with van der Waals surface area (Å²) in [6, 6.07) is 5.67. The van der Waals surface area contributed by atoms with Crippen LogP contribution >= 0.6 is 0 Å². The molecule has 0 aromatic heterocycles. The van der Waals surface area contributed by atoms with Crippen LogP contribution in [0, 0.1) is 10.1 Å². The molecule has 2 atom stereocenters. The molecule has 6 nitrogen and oxygen atoms in total. The molecule has 90 valence electrons. The number of benzene rings is 1. The molecule has 6 heteroatoms. The molecule has 2 unspecified atom stereocenters. The summed E-state index contributed by atoms with van der Waals surface area (Å²) in [7, 11) is 0. The van der Waals surface area contributed by atoms with Crippen LogP contribution in [0.3, 0.4) is 0 Å². The highest BCUT2D eigenvalue weighted by molar-refractivity contribution is 6.04. The highest BCUT2D eigenvalue weighted by Crippen LogP contribution is 2.38. The van der Waals surface area contributed by atoms with Crippen molar-refractivity contribution in [1.29, 1.82) is 0 Å². The molecule has 1 aromatic rings. The van der Waals surface area contributed by atoms with Crippen molar-refractivity contribution >= 4 is 11.6 Å². The minimum absolute atomic E-state index is 0.233. The van der Waals surface area contributed by atoms with Gasteiger partial charge in [-0.15, -0.1) is 0 Å². The smallest absolute Gasteiger partial charge is 0.261 e. The molecule has 1 aliphatic heterocycles. The zero-order valence-electron chi connectivity index (χ0n) is 9.21. The Labute approximate surface area is 97.4 Å². The Hall–Kier alpha value is -1.95. The maximum atomic E-state index is 11.7. The molecule has 0 fully saturated rings. The minimum Gasteiger partial charge on any atom is -0.375 e. The number of fused-ring (bicyclic) bond motifs is 1. The van der Waals surface area contributed by atoms with Crippen LogP contribution in [0.25, 0.3) is 0 Å². The molecular weight excluding hydrogens is 224 g/mol. The molecule has 0 radical (unpaired) electrons. The van der Waals surface area contributed by atoms with Crippen LogP contribution in [-0.2, 0) is 10.4 Å². The highest BCUT2D eigenvalue weighted by atomic mass is 16.6. The van der Waals surface area contributed by atoms with Gasteiger partial charge in [0.1, 0.15) is 0 Å². The quantitative estimate of drug-likeness (QED) is 0.602. The van der Waals surface area contributed by atoms with Gasteiger partial charge in [-0.25, -0.2) is 0 Å². The normalized spacial score (nSPS) is 24.0. The zero-order valence-corrected chi connectivity index (χ0v) is 9.21. The molecule has 17 heavy (non-hydrogen) atoms. The second-order valence-corrected chi connectivity index (χ2v) is 4.20. The van der Waals surface area contributed by atoms with Crippen molar-refractivity contribution in [3.63, 3.8) is 0 Å². The van der Waals surface area contributed by atoms with E-state index in [9.17, 15) is 20.0 Å². The summed E-state index contributed by atoms with van der Waals surface area (Å²) in [6.07, 6.45) is -0.233. The molecular formula is C11H12N2O4. The predicted molar refractivity (Wildman–Crippen MR) is 60.0 cm³/mol. The van der Waals surface area contributed by atoms with Crippen molar-refractivity contribution in [2.75, 3.05) is 5.32 Å². The molecule has 2 N–H and O–H groups in total. The molecule has 0 aliphatic carbocycles. The van der Waals surface area contributed by atoms with Crippen LogP contribution in [0.2, 0.25) is 0 Å². The van der Waals surface area contributed by atoms with E-state index in [1.54, 1.807) is 24.3 Å². The number of carbonyl (C=O) groups excluding carboxylic acids is 1. The van der Waals surface area contributed by atoms with E-state index < -0.39 is 22.5 Å². The van der Waals surface area contributed by atoms with Gasteiger partial charge in [-0.2, -0.15) is 0 Å². The molecule has 1 heterocycles. The van der Waals surface area contributed by atoms with E-state index in [0.717, 1.165) is 0 Å². The number of para-hydroxylation sites is 1. The summed E-state index contributed by atoms with van der Waals surface area (Å²) in [6.45, 7) is 1.37. The van der Waals surface area contributed by atoms with Gasteiger partial charge in [0.05, 0.1) is 6.42 Å². The van der Waals surface area contributed by atoms with Gasteiger partial charge in [-0.1, -0.05) is 18.2 Å². The Morgan fingerprint density at radius 1 is 1.53 bits per heavy atom. The molecule has 1 aromatic carbocycles. The Morgan fingerprint density at radius 3 is 2.82 bits per heavy atom. The first-order chi connectivity index (χ1) is 7.95. The molecule has 0 bridgehead atoms. The SMILES string of the molecule is CC(CC1(O)C(=O)Nc2ccccc21)[N+](=O)[O-]. The fraction of sp³-hybridized carbons (Fsp3) is 0.364. The van der Waals surface area contributed by atoms with Gasteiger partial charge in [0.25, 0.3) is 5.91 Å². The third-order valence-corrected chi connectivity index (χ3v) is 2.95. The first kappa shape index (κ1) is 11.5. The first-order valence-corrected chi connectivity index (χ1v) is 5.22. The Kier molecular flexibility index (Phi) is 2.59. The fourth-order valence-electron chi connectivity index (χ4n) is 2.01. The predicted octanol–water partition coefficient (Wildman–Crippen LogP) is 0.882. The molecule has 1 aliphatic rings. The standard InChI is InChI=1S/C11H12N2O4/c1-7(13(16)17)6-11(15)8-4-2-3-5-9(8)12-10(11)14/h2-5,7,15H,6H2,1H3,(H,12,14). The number of hydrogen-bond donors (Lipinski definition) is 2. The van der Waals surface area contributed by atoms with Crippen molar-refractivity contribution < 1.29 is 14.8 Å². The van der Waals surface area contributed by atoms with E-state index in [2.05, 4.69) is 5.32 Å². The molecule has 0 saturated carbocycles. The topological polar surface area (TPSA) is 92.5 Å². The van der Waals surface area contributed by atoms with Crippen LogP contribution in [0.4, 0.5) is 5.69 Å². The van der Waals surface area contributed by atoms with Gasteiger partial charge in [-0.3, -0.25) is 14.9 Å². The summed E-state index contributed by atoms with van der Waals surface area (Å²) in [5, 5.41) is 23.4. The number of nitro groups is 1. The average molecular weight is 236 g/mol. The Balaban J connectivity index is 2.37. The second-order valence-electron chi connectivity index (χ2n) is 4.20. The second kappa shape index (κ2) is 3.81. The fourth-order valence-corrected chi connectivity index (χ4v) is 2.01. The number of amides is 1. The number of carbonyl (C=O) groups is 1. The van der Waals surface area contributed by atoms with Crippen LogP contribution < -0.4 is 5.32 Å². The first-order valence-electron chi connectivity index (χ1n) is 5.22. The highest BCUT2D eigenvalue weighted by Gasteiger charge is 2.47. The van der Waals surface area contributed by atoms with E-state index in [-0.39, 0.29) is 6.42 Å². The number of hydrogen-bond acceptors (Lipinski definition) is 4. The monoisotopic (exact) mass is 236 g/mol. The van der Waals surface area contributed by atoms with Gasteiger partial charge >= 0.3 is 0 Å². The third-order valence-electron chi connectivity index (χ3n) is 2.95. The van der Waals surface area contributed by atoms with E-state index in [1.165, 1.54) is 6.92 Å². The summed E-state index contributed by atoms with van der Waals surface area (Å²) in [5.41, 5.74) is -0.891. The third kappa shape index (κ3) is 1.76. The lowest BCUT2D eigenvalue weighted by molar-refractivity contribution is -0.521. The van der Waals surface area contributed by atoms with Crippen molar-refractivity contribution in [2.45, 2.75) is 25.0 Å². The largest absolute Gasteiger partial charge is 0.375 e. The zero-order chi connectivity index (χ0) is 12.6. The maximum Gasteiger partial charge on any atom is 0.261 e. The molecule has 0 saturated heterocycles. The maximum absolute atomic E-state index is 11.7. The van der Waals surface area contributed by atoms with Gasteiger partial charge in [0.2, 0.25) is 6.04 Å². The van der Waals surface area contributed by atoms with E-state index in [1.807, 2.05) is 0 Å². The number of anilines is 1. The van der Waals surface area contributed by atoms with Crippen LogP contribution in [-0.4, -0.2) is 22.0 Å². The number of rotatable bonds is 3. The minimum atomic E-state index is -1.80. The molecule has 1 amide bonds. The number of nitrogens with zero attached hydrogens (tertiary/aromatic N) is 1. The Morgan fingerprint density at radius 2 is 2.18 bits per heavy atom. The number of aliphatic hydroxyl groups is 1. The van der Waals surface area contributed by atoms with Crippen LogP contribution in [0.15, 0.2) is 24.3 Å². The summed E-state index contributed by atoms with van der Waals surface area (Å²) in [5.74, 6) is -0.604. The molecule has 0 spiro atoms.